The number of pyridine rings is 1. The minimum Gasteiger partial charge on any atom is -0.497 e. The molecule has 6 nitrogen and oxygen atoms in total. The summed E-state index contributed by atoms with van der Waals surface area (Å²) in [4.78, 5) is 6.75. The van der Waals surface area contributed by atoms with Crippen molar-refractivity contribution in [3.05, 3.63) is 101 Å². The molecule has 8 heteroatoms. The van der Waals surface area contributed by atoms with Crippen molar-refractivity contribution in [2.24, 2.45) is 0 Å². The van der Waals surface area contributed by atoms with Crippen molar-refractivity contribution in [1.82, 2.24) is 14.9 Å². The van der Waals surface area contributed by atoms with Gasteiger partial charge in [-0.25, -0.2) is 0 Å². The van der Waals surface area contributed by atoms with Crippen LogP contribution in [-0.4, -0.2) is 28.9 Å². The first-order valence-electron chi connectivity index (χ1n) is 11.2. The van der Waals surface area contributed by atoms with Crippen molar-refractivity contribution in [1.29, 1.82) is 0 Å². The Bertz CT molecular complexity index is 1370. The van der Waals surface area contributed by atoms with E-state index in [1.54, 1.807) is 20.4 Å². The Kier molecular flexibility index (Phi) is 6.36. The van der Waals surface area contributed by atoms with Gasteiger partial charge in [-0.05, 0) is 79.3 Å². The van der Waals surface area contributed by atoms with E-state index in [4.69, 9.17) is 33.3 Å². The molecule has 0 unspecified atom stereocenters. The number of nitrogens with one attached hydrogen (secondary N) is 1. The molecular formula is C27H25ClN4O2S. The van der Waals surface area contributed by atoms with Crippen LogP contribution in [0.5, 0.6) is 11.5 Å². The van der Waals surface area contributed by atoms with Crippen LogP contribution in [0.25, 0.3) is 5.69 Å². The summed E-state index contributed by atoms with van der Waals surface area (Å²) >= 11 is 12.2. The quantitative estimate of drug-likeness (QED) is 0.324. The summed E-state index contributed by atoms with van der Waals surface area (Å²) in [5.41, 5.74) is 4.82. The third-order valence-electron chi connectivity index (χ3n) is 6.25. The van der Waals surface area contributed by atoms with Crippen LogP contribution in [0, 0.1) is 6.92 Å². The Morgan fingerprint density at radius 1 is 1.00 bits per heavy atom. The van der Waals surface area contributed by atoms with Gasteiger partial charge in [0.25, 0.3) is 0 Å². The monoisotopic (exact) mass is 504 g/mol. The molecule has 1 N–H and O–H groups in total. The molecule has 4 aromatic rings. The highest BCUT2D eigenvalue weighted by Crippen LogP contribution is 2.45. The standard InChI is InChI=1S/C27H25ClN4O2S/c1-17-15-18(9-11-20(17)28)31-14-6-8-23(31)26-25(21-7-4-5-13-29-21)30-27(35)32(26)22-12-10-19(33-2)16-24(22)34-3/h4-16,25-26H,1-3H3,(H,30,35)/t25-,26-/m0/s1. The summed E-state index contributed by atoms with van der Waals surface area (Å²) in [6.07, 6.45) is 3.85. The highest BCUT2D eigenvalue weighted by molar-refractivity contribution is 7.80. The molecule has 35 heavy (non-hydrogen) atoms. The summed E-state index contributed by atoms with van der Waals surface area (Å²) in [6.45, 7) is 2.01. The van der Waals surface area contributed by atoms with Gasteiger partial charge in [-0.3, -0.25) is 4.98 Å². The highest BCUT2D eigenvalue weighted by Gasteiger charge is 2.43. The number of benzene rings is 2. The first kappa shape index (κ1) is 23.2. The second kappa shape index (κ2) is 9.60. The molecule has 3 heterocycles. The van der Waals surface area contributed by atoms with Gasteiger partial charge in [-0.15, -0.1) is 0 Å². The molecular weight excluding hydrogens is 480 g/mol. The van der Waals surface area contributed by atoms with Gasteiger partial charge in [0, 0.05) is 34.9 Å². The fourth-order valence-electron chi connectivity index (χ4n) is 4.55. The van der Waals surface area contributed by atoms with Crippen LogP contribution in [0.15, 0.2) is 79.1 Å². The Morgan fingerprint density at radius 3 is 2.57 bits per heavy atom. The zero-order chi connectivity index (χ0) is 24.5. The second-order valence-electron chi connectivity index (χ2n) is 8.27. The smallest absolute Gasteiger partial charge is 0.174 e. The molecule has 1 aliphatic heterocycles. The van der Waals surface area contributed by atoms with Crippen LogP contribution in [0.1, 0.15) is 29.0 Å². The lowest BCUT2D eigenvalue weighted by Crippen LogP contribution is -2.30. The van der Waals surface area contributed by atoms with Crippen LogP contribution >= 0.6 is 23.8 Å². The van der Waals surface area contributed by atoms with Gasteiger partial charge in [-0.1, -0.05) is 17.7 Å². The Hall–Kier alpha value is -3.55. The van der Waals surface area contributed by atoms with Crippen LogP contribution in [0.4, 0.5) is 5.69 Å². The van der Waals surface area contributed by atoms with Crippen molar-refractivity contribution in [2.45, 2.75) is 19.0 Å². The Balaban J connectivity index is 1.69. The number of aryl methyl sites for hydroxylation is 1. The molecule has 0 bridgehead atoms. The van der Waals surface area contributed by atoms with Crippen molar-refractivity contribution in [3.8, 4) is 17.2 Å². The molecule has 0 amide bonds. The maximum atomic E-state index is 6.32. The largest absolute Gasteiger partial charge is 0.497 e. The topological polar surface area (TPSA) is 51.5 Å². The maximum absolute atomic E-state index is 6.32. The fraction of sp³-hybridized carbons (Fsp3) is 0.185. The van der Waals surface area contributed by atoms with Crippen molar-refractivity contribution >= 4 is 34.6 Å². The predicted octanol–water partition coefficient (Wildman–Crippen LogP) is 6.03. The second-order valence-corrected chi connectivity index (χ2v) is 9.06. The molecule has 2 aromatic carbocycles. The number of hydrogen-bond donors (Lipinski definition) is 1. The maximum Gasteiger partial charge on any atom is 0.174 e. The fourth-order valence-corrected chi connectivity index (χ4v) is 5.00. The summed E-state index contributed by atoms with van der Waals surface area (Å²) in [5, 5.41) is 4.84. The Labute approximate surface area is 215 Å². The van der Waals surface area contributed by atoms with Crippen LogP contribution in [0.3, 0.4) is 0 Å². The van der Waals surface area contributed by atoms with E-state index in [1.165, 1.54) is 0 Å². The van der Waals surface area contributed by atoms with Crippen molar-refractivity contribution in [3.63, 3.8) is 0 Å². The first-order valence-corrected chi connectivity index (χ1v) is 12.0. The van der Waals surface area contributed by atoms with Gasteiger partial charge in [0.05, 0.1) is 31.6 Å². The van der Waals surface area contributed by atoms with E-state index in [0.717, 1.165) is 33.3 Å². The van der Waals surface area contributed by atoms with E-state index in [-0.39, 0.29) is 12.1 Å². The van der Waals surface area contributed by atoms with E-state index < -0.39 is 0 Å². The van der Waals surface area contributed by atoms with E-state index in [0.29, 0.717) is 16.6 Å². The van der Waals surface area contributed by atoms with Gasteiger partial charge in [0.15, 0.2) is 5.11 Å². The molecule has 2 atom stereocenters. The average Bonchev–Trinajstić information content (AvgIpc) is 3.50. The lowest BCUT2D eigenvalue weighted by atomic mass is 10.0. The van der Waals surface area contributed by atoms with E-state index in [9.17, 15) is 0 Å². The van der Waals surface area contributed by atoms with Crippen molar-refractivity contribution in [2.75, 3.05) is 19.1 Å². The van der Waals surface area contributed by atoms with Crippen LogP contribution < -0.4 is 19.7 Å². The molecule has 1 saturated heterocycles. The van der Waals surface area contributed by atoms with Crippen LogP contribution in [-0.2, 0) is 0 Å². The van der Waals surface area contributed by atoms with Crippen LogP contribution in [0.2, 0.25) is 5.02 Å². The number of nitrogens with zero attached hydrogens (tertiary/aromatic N) is 3. The number of rotatable bonds is 6. The molecule has 0 aliphatic carbocycles. The number of aromatic nitrogens is 2. The number of thiocarbonyl (C=S) groups is 1. The number of ether oxygens (including phenoxy) is 2. The first-order chi connectivity index (χ1) is 17.0. The lowest BCUT2D eigenvalue weighted by Gasteiger charge is -2.30. The summed E-state index contributed by atoms with van der Waals surface area (Å²) in [7, 11) is 3.28. The number of hydrogen-bond acceptors (Lipinski definition) is 4. The summed E-state index contributed by atoms with van der Waals surface area (Å²) in [6, 6.07) is 21.5. The van der Waals surface area contributed by atoms with Crippen molar-refractivity contribution < 1.29 is 9.47 Å². The SMILES string of the molecule is COc1ccc(N2C(=S)N[C@@H](c3ccccn3)[C@@H]2c2cccn2-c2ccc(Cl)c(C)c2)c(OC)c1. The van der Waals surface area contributed by atoms with Gasteiger partial charge in [0.1, 0.15) is 17.5 Å². The number of anilines is 1. The zero-order valence-electron chi connectivity index (χ0n) is 19.6. The number of methoxy groups -OCH3 is 2. The Morgan fingerprint density at radius 2 is 1.86 bits per heavy atom. The predicted molar refractivity (Wildman–Crippen MR) is 143 cm³/mol. The summed E-state index contributed by atoms with van der Waals surface area (Å²) < 4.78 is 13.3. The molecule has 2 aromatic heterocycles. The van der Waals surface area contributed by atoms with Gasteiger partial charge in [-0.2, -0.15) is 0 Å². The van der Waals surface area contributed by atoms with E-state index in [1.807, 2.05) is 61.5 Å². The zero-order valence-corrected chi connectivity index (χ0v) is 21.2. The minimum absolute atomic E-state index is 0.183. The molecule has 0 spiro atoms. The minimum atomic E-state index is -0.203. The number of halogens is 1. The van der Waals surface area contributed by atoms with Gasteiger partial charge >= 0.3 is 0 Å². The van der Waals surface area contributed by atoms with E-state index >= 15 is 0 Å². The molecule has 178 valence electrons. The average molecular weight is 505 g/mol. The third-order valence-corrected chi connectivity index (χ3v) is 6.99. The lowest BCUT2D eigenvalue weighted by molar-refractivity contribution is 0.394. The normalized spacial score (nSPS) is 17.4. The summed E-state index contributed by atoms with van der Waals surface area (Å²) in [5.74, 6) is 1.38. The molecule has 1 aliphatic rings. The molecule has 1 fully saturated rings. The van der Waals surface area contributed by atoms with Gasteiger partial charge < -0.3 is 24.3 Å². The van der Waals surface area contributed by atoms with E-state index in [2.05, 4.69) is 38.1 Å². The third kappa shape index (κ3) is 4.22. The van der Waals surface area contributed by atoms with Gasteiger partial charge in [0.2, 0.25) is 0 Å². The highest BCUT2D eigenvalue weighted by atomic mass is 35.5. The molecule has 5 rings (SSSR count). The molecule has 0 saturated carbocycles. The molecule has 0 radical (unpaired) electrons.